The highest BCUT2D eigenvalue weighted by molar-refractivity contribution is 6.30. The lowest BCUT2D eigenvalue weighted by Gasteiger charge is -2.37. The summed E-state index contributed by atoms with van der Waals surface area (Å²) in [5.41, 5.74) is 0.709. The van der Waals surface area contributed by atoms with Crippen LogP contribution in [0.4, 0.5) is 13.2 Å². The van der Waals surface area contributed by atoms with E-state index < -0.39 is 16.7 Å². The molecule has 4 heteroatoms. The van der Waals surface area contributed by atoms with Gasteiger partial charge in [-0.3, -0.25) is 4.39 Å². The SMILES string of the molecule is FCC/C=C/[C@H]1CC[C@H](C2CCC(CCc3cc(F)c(Cl)c(F)c3)CC2)CC1. The molecule has 0 aromatic heterocycles. The first-order chi connectivity index (χ1) is 13.6. The molecule has 0 amide bonds. The molecule has 2 fully saturated rings. The van der Waals surface area contributed by atoms with Gasteiger partial charge in [-0.2, -0.15) is 0 Å². The fraction of sp³-hybridized carbons (Fsp3) is 0.667. The number of hydrogen-bond donors (Lipinski definition) is 0. The van der Waals surface area contributed by atoms with Crippen LogP contribution in [-0.4, -0.2) is 6.67 Å². The molecule has 1 aromatic carbocycles. The second-order valence-electron chi connectivity index (χ2n) is 8.77. The zero-order valence-electron chi connectivity index (χ0n) is 16.6. The van der Waals surface area contributed by atoms with Gasteiger partial charge in [-0.1, -0.05) is 36.6 Å². The van der Waals surface area contributed by atoms with Gasteiger partial charge in [0.2, 0.25) is 0 Å². The van der Waals surface area contributed by atoms with Crippen molar-refractivity contribution in [1.82, 2.24) is 0 Å². The Morgan fingerprint density at radius 1 is 0.893 bits per heavy atom. The zero-order valence-corrected chi connectivity index (χ0v) is 17.4. The number of allylic oxidation sites excluding steroid dienone is 2. The lowest BCUT2D eigenvalue weighted by molar-refractivity contribution is 0.152. The third kappa shape index (κ3) is 6.02. The first kappa shape index (κ1) is 21.7. The molecule has 0 spiro atoms. The average Bonchev–Trinajstić information content (AvgIpc) is 2.71. The summed E-state index contributed by atoms with van der Waals surface area (Å²) < 4.78 is 39.4. The van der Waals surface area contributed by atoms with Crippen molar-refractivity contribution in [2.24, 2.45) is 23.7 Å². The summed E-state index contributed by atoms with van der Waals surface area (Å²) in [4.78, 5) is 0. The molecule has 0 radical (unpaired) electrons. The molecule has 0 heterocycles. The van der Waals surface area contributed by atoms with Crippen LogP contribution in [0.5, 0.6) is 0 Å². The predicted molar refractivity (Wildman–Crippen MR) is 110 cm³/mol. The Hall–Kier alpha value is -0.960. The molecule has 0 bridgehead atoms. The molecular formula is C24H32ClF3. The maximum Gasteiger partial charge on any atom is 0.145 e. The van der Waals surface area contributed by atoms with Crippen LogP contribution in [0.2, 0.25) is 5.02 Å². The molecule has 1 aromatic rings. The van der Waals surface area contributed by atoms with E-state index >= 15 is 0 Å². The Bertz CT molecular complexity index is 618. The first-order valence-electron chi connectivity index (χ1n) is 10.9. The van der Waals surface area contributed by atoms with Crippen molar-refractivity contribution < 1.29 is 13.2 Å². The fourth-order valence-electron chi connectivity index (χ4n) is 5.23. The van der Waals surface area contributed by atoms with E-state index in [0.29, 0.717) is 23.8 Å². The van der Waals surface area contributed by atoms with Gasteiger partial charge in [0.25, 0.3) is 0 Å². The highest BCUT2D eigenvalue weighted by Crippen LogP contribution is 2.42. The van der Waals surface area contributed by atoms with Gasteiger partial charge < -0.3 is 0 Å². The molecule has 0 N–H and O–H groups in total. The van der Waals surface area contributed by atoms with Gasteiger partial charge in [0.15, 0.2) is 0 Å². The smallest absolute Gasteiger partial charge is 0.145 e. The number of hydrogen-bond acceptors (Lipinski definition) is 0. The Labute approximate surface area is 172 Å². The van der Waals surface area contributed by atoms with Gasteiger partial charge in [0.05, 0.1) is 6.67 Å². The van der Waals surface area contributed by atoms with Gasteiger partial charge in [-0.25, -0.2) is 8.78 Å². The molecule has 156 valence electrons. The Kier molecular flexibility index (Phi) is 8.32. The summed E-state index contributed by atoms with van der Waals surface area (Å²) in [6.07, 6.45) is 16.7. The number of aryl methyl sites for hydroxylation is 1. The van der Waals surface area contributed by atoms with Crippen LogP contribution in [0.25, 0.3) is 0 Å². The minimum absolute atomic E-state index is 0.253. The molecule has 0 aliphatic heterocycles. The maximum absolute atomic E-state index is 13.6. The minimum Gasteiger partial charge on any atom is -0.251 e. The largest absolute Gasteiger partial charge is 0.251 e. The molecule has 3 rings (SSSR count). The summed E-state index contributed by atoms with van der Waals surface area (Å²) in [7, 11) is 0. The van der Waals surface area contributed by atoms with Crippen molar-refractivity contribution in [2.75, 3.05) is 6.67 Å². The standard InChI is InChI=1S/C24H32ClF3/c25-24-22(27)15-19(16-23(24)28)5-4-18-8-12-21(13-9-18)20-10-6-17(7-11-20)3-1-2-14-26/h1,3,15-18,20-21H,2,4-14H2/b3-1+/t17-,18?,20-,21?. The van der Waals surface area contributed by atoms with Crippen LogP contribution in [0.3, 0.4) is 0 Å². The van der Waals surface area contributed by atoms with Crippen molar-refractivity contribution in [3.63, 3.8) is 0 Å². The quantitative estimate of drug-likeness (QED) is 0.313. The zero-order chi connectivity index (χ0) is 19.9. The second kappa shape index (κ2) is 10.7. The van der Waals surface area contributed by atoms with Crippen molar-refractivity contribution in [3.8, 4) is 0 Å². The summed E-state index contributed by atoms with van der Waals surface area (Å²) in [6.45, 7) is -0.253. The number of benzene rings is 1. The van der Waals surface area contributed by atoms with Crippen molar-refractivity contribution in [3.05, 3.63) is 46.5 Å². The normalized spacial score (nSPS) is 28.7. The maximum atomic E-state index is 13.6. The van der Waals surface area contributed by atoms with E-state index in [1.807, 2.05) is 6.08 Å². The lowest BCUT2D eigenvalue weighted by Crippen LogP contribution is -2.25. The topological polar surface area (TPSA) is 0 Å². The van der Waals surface area contributed by atoms with E-state index in [0.717, 1.165) is 24.7 Å². The predicted octanol–water partition coefficient (Wildman–Crippen LogP) is 8.08. The third-order valence-electron chi connectivity index (χ3n) is 6.94. The van der Waals surface area contributed by atoms with Crippen LogP contribution >= 0.6 is 11.6 Å². The van der Waals surface area contributed by atoms with E-state index in [-0.39, 0.29) is 6.67 Å². The lowest BCUT2D eigenvalue weighted by atomic mass is 9.68. The van der Waals surface area contributed by atoms with Crippen molar-refractivity contribution >= 4 is 11.6 Å². The van der Waals surface area contributed by atoms with E-state index in [1.54, 1.807) is 0 Å². The van der Waals surface area contributed by atoms with E-state index in [2.05, 4.69) is 6.08 Å². The molecule has 2 saturated carbocycles. The molecule has 0 atom stereocenters. The van der Waals surface area contributed by atoms with Gasteiger partial charge in [-0.15, -0.1) is 0 Å². The molecule has 28 heavy (non-hydrogen) atoms. The Morgan fingerprint density at radius 2 is 1.46 bits per heavy atom. The third-order valence-corrected chi connectivity index (χ3v) is 7.30. The molecule has 0 nitrogen and oxygen atoms in total. The molecular weight excluding hydrogens is 381 g/mol. The van der Waals surface area contributed by atoms with Crippen LogP contribution in [-0.2, 0) is 6.42 Å². The van der Waals surface area contributed by atoms with E-state index in [1.165, 1.54) is 63.5 Å². The Morgan fingerprint density at radius 3 is 2.04 bits per heavy atom. The van der Waals surface area contributed by atoms with Gasteiger partial charge >= 0.3 is 0 Å². The monoisotopic (exact) mass is 412 g/mol. The summed E-state index contributed by atoms with van der Waals surface area (Å²) in [5.74, 6) is 1.70. The molecule has 2 aliphatic rings. The van der Waals surface area contributed by atoms with Crippen molar-refractivity contribution in [1.29, 1.82) is 0 Å². The minimum atomic E-state index is -0.657. The average molecular weight is 413 g/mol. The summed E-state index contributed by atoms with van der Waals surface area (Å²) >= 11 is 5.56. The summed E-state index contributed by atoms with van der Waals surface area (Å²) in [6, 6.07) is 2.75. The number of alkyl halides is 1. The first-order valence-corrected chi connectivity index (χ1v) is 11.3. The van der Waals surface area contributed by atoms with E-state index in [4.69, 9.17) is 11.6 Å². The van der Waals surface area contributed by atoms with Crippen LogP contribution in [0.15, 0.2) is 24.3 Å². The Balaban J connectivity index is 1.38. The van der Waals surface area contributed by atoms with Crippen LogP contribution < -0.4 is 0 Å². The van der Waals surface area contributed by atoms with Crippen molar-refractivity contribution in [2.45, 2.75) is 70.6 Å². The fourth-order valence-corrected chi connectivity index (χ4v) is 5.34. The van der Waals surface area contributed by atoms with Gasteiger partial charge in [0.1, 0.15) is 16.7 Å². The molecule has 2 aliphatic carbocycles. The van der Waals surface area contributed by atoms with Gasteiger partial charge in [-0.05, 0) is 99.2 Å². The highest BCUT2D eigenvalue weighted by Gasteiger charge is 2.30. The molecule has 0 unspecified atom stereocenters. The highest BCUT2D eigenvalue weighted by atomic mass is 35.5. The van der Waals surface area contributed by atoms with Crippen LogP contribution in [0, 0.1) is 35.3 Å². The van der Waals surface area contributed by atoms with Gasteiger partial charge in [0, 0.05) is 0 Å². The van der Waals surface area contributed by atoms with Crippen LogP contribution in [0.1, 0.15) is 69.8 Å². The second-order valence-corrected chi connectivity index (χ2v) is 9.15. The number of halogens is 4. The summed E-state index contributed by atoms with van der Waals surface area (Å²) in [5, 5.41) is -0.406. The van der Waals surface area contributed by atoms with E-state index in [9.17, 15) is 13.2 Å². The number of rotatable bonds is 7. The molecule has 0 saturated heterocycles.